The number of amides is 1. The Morgan fingerprint density at radius 3 is 2.74 bits per heavy atom. The Hall–Kier alpha value is -1.04. The molecule has 2 N–H and O–H groups in total. The van der Waals surface area contributed by atoms with Crippen molar-refractivity contribution >= 4 is 45.1 Å². The van der Waals surface area contributed by atoms with E-state index in [4.69, 9.17) is 0 Å². The fourth-order valence-corrected chi connectivity index (χ4v) is 2.93. The molecule has 102 valence electrons. The maximum absolute atomic E-state index is 12.5. The number of aromatic nitrogens is 1. The summed E-state index contributed by atoms with van der Waals surface area (Å²) < 4.78 is 0.958. The number of piperazine rings is 1. The molecule has 1 aliphatic heterocycles. The van der Waals surface area contributed by atoms with Crippen molar-refractivity contribution in [2.45, 2.75) is 0 Å². The van der Waals surface area contributed by atoms with E-state index >= 15 is 0 Å². The van der Waals surface area contributed by atoms with Gasteiger partial charge in [0.25, 0.3) is 5.91 Å². The van der Waals surface area contributed by atoms with Crippen LogP contribution in [0.25, 0.3) is 10.9 Å². The number of nitrogens with zero attached hydrogens (tertiary/aromatic N) is 1. The molecule has 2 heterocycles. The van der Waals surface area contributed by atoms with Gasteiger partial charge in [0.1, 0.15) is 0 Å². The molecule has 1 saturated heterocycles. The van der Waals surface area contributed by atoms with Crippen LogP contribution in [0, 0.1) is 0 Å². The molecule has 1 aromatic heterocycles. The first-order valence-electron chi connectivity index (χ1n) is 6.03. The Bertz CT molecular complexity index is 593. The summed E-state index contributed by atoms with van der Waals surface area (Å²) >= 11 is 3.52. The summed E-state index contributed by atoms with van der Waals surface area (Å²) in [4.78, 5) is 17.5. The third kappa shape index (κ3) is 2.63. The molecule has 19 heavy (non-hydrogen) atoms. The number of hydrogen-bond acceptors (Lipinski definition) is 2. The largest absolute Gasteiger partial charge is 0.360 e. The number of aromatic amines is 1. The van der Waals surface area contributed by atoms with E-state index in [2.05, 4.69) is 26.2 Å². The Kier molecular flexibility index (Phi) is 4.50. The van der Waals surface area contributed by atoms with Crippen molar-refractivity contribution in [3.63, 3.8) is 0 Å². The molecule has 3 rings (SSSR count). The van der Waals surface area contributed by atoms with Crippen LogP contribution in [0.15, 0.2) is 28.9 Å². The second-order valence-corrected chi connectivity index (χ2v) is 5.26. The van der Waals surface area contributed by atoms with Crippen molar-refractivity contribution in [1.29, 1.82) is 0 Å². The molecule has 1 aliphatic rings. The molecule has 2 aromatic rings. The molecular formula is C13H15BrClN3O. The van der Waals surface area contributed by atoms with E-state index in [0.29, 0.717) is 0 Å². The van der Waals surface area contributed by atoms with E-state index in [0.717, 1.165) is 47.1 Å². The highest BCUT2D eigenvalue weighted by Crippen LogP contribution is 2.27. The highest BCUT2D eigenvalue weighted by atomic mass is 79.9. The van der Waals surface area contributed by atoms with Gasteiger partial charge in [-0.3, -0.25) is 4.79 Å². The van der Waals surface area contributed by atoms with Crippen LogP contribution in [0.1, 0.15) is 10.4 Å². The monoisotopic (exact) mass is 343 g/mol. The topological polar surface area (TPSA) is 48.1 Å². The minimum atomic E-state index is 0. The summed E-state index contributed by atoms with van der Waals surface area (Å²) in [6, 6.07) is 5.90. The van der Waals surface area contributed by atoms with Gasteiger partial charge in [0, 0.05) is 47.8 Å². The zero-order valence-corrected chi connectivity index (χ0v) is 12.7. The Morgan fingerprint density at radius 1 is 1.26 bits per heavy atom. The molecule has 1 amide bonds. The molecule has 1 aromatic carbocycles. The summed E-state index contributed by atoms with van der Waals surface area (Å²) in [6.45, 7) is 3.29. The molecule has 0 saturated carbocycles. The smallest absolute Gasteiger partial charge is 0.256 e. The van der Waals surface area contributed by atoms with E-state index < -0.39 is 0 Å². The predicted molar refractivity (Wildman–Crippen MR) is 82.0 cm³/mol. The van der Waals surface area contributed by atoms with Crippen LogP contribution in [0.2, 0.25) is 0 Å². The Morgan fingerprint density at radius 2 is 2.00 bits per heavy atom. The first kappa shape index (κ1) is 14.4. The van der Waals surface area contributed by atoms with Gasteiger partial charge >= 0.3 is 0 Å². The van der Waals surface area contributed by atoms with Crippen LogP contribution in [0.4, 0.5) is 0 Å². The van der Waals surface area contributed by atoms with Crippen molar-refractivity contribution in [2.24, 2.45) is 0 Å². The van der Waals surface area contributed by atoms with Gasteiger partial charge in [-0.05, 0) is 12.1 Å². The molecule has 1 fully saturated rings. The second kappa shape index (κ2) is 5.94. The SMILES string of the molecule is Cl.O=C(c1c[nH]c2cccc(Br)c12)N1CCNCC1. The van der Waals surface area contributed by atoms with E-state index in [1.54, 1.807) is 6.20 Å². The summed E-state index contributed by atoms with van der Waals surface area (Å²) in [5, 5.41) is 4.23. The standard InChI is InChI=1S/C13H14BrN3O.ClH/c14-10-2-1-3-11-12(10)9(8-16-11)13(18)17-6-4-15-5-7-17;/h1-3,8,15-16H,4-7H2;1H. The maximum Gasteiger partial charge on any atom is 0.256 e. The van der Waals surface area contributed by atoms with Gasteiger partial charge in [-0.25, -0.2) is 0 Å². The summed E-state index contributed by atoms with van der Waals surface area (Å²) in [7, 11) is 0. The normalized spacial score (nSPS) is 15.3. The van der Waals surface area contributed by atoms with Crippen molar-refractivity contribution in [3.8, 4) is 0 Å². The summed E-state index contributed by atoms with van der Waals surface area (Å²) in [6.07, 6.45) is 1.81. The second-order valence-electron chi connectivity index (χ2n) is 4.41. The van der Waals surface area contributed by atoms with Gasteiger partial charge in [-0.2, -0.15) is 0 Å². The number of rotatable bonds is 1. The maximum atomic E-state index is 12.5. The molecule has 0 atom stereocenters. The van der Waals surface area contributed by atoms with Gasteiger partial charge in [0.05, 0.1) is 5.56 Å². The highest BCUT2D eigenvalue weighted by Gasteiger charge is 2.21. The van der Waals surface area contributed by atoms with Crippen LogP contribution < -0.4 is 5.32 Å². The van der Waals surface area contributed by atoms with Crippen LogP contribution >= 0.6 is 28.3 Å². The average Bonchev–Trinajstić information content (AvgIpc) is 2.84. The minimum Gasteiger partial charge on any atom is -0.360 e. The number of benzene rings is 1. The quantitative estimate of drug-likeness (QED) is 0.834. The van der Waals surface area contributed by atoms with Gasteiger partial charge in [-0.1, -0.05) is 22.0 Å². The lowest BCUT2D eigenvalue weighted by Crippen LogP contribution is -2.46. The fraction of sp³-hybridized carbons (Fsp3) is 0.308. The molecule has 0 bridgehead atoms. The molecule has 0 unspecified atom stereocenters. The number of hydrogen-bond donors (Lipinski definition) is 2. The number of nitrogens with one attached hydrogen (secondary N) is 2. The van der Waals surface area contributed by atoms with Gasteiger partial charge < -0.3 is 15.2 Å². The first-order valence-corrected chi connectivity index (χ1v) is 6.82. The predicted octanol–water partition coefficient (Wildman–Crippen LogP) is 2.40. The fourth-order valence-electron chi connectivity index (χ4n) is 2.35. The zero-order valence-electron chi connectivity index (χ0n) is 10.3. The van der Waals surface area contributed by atoms with Crippen LogP contribution in [-0.4, -0.2) is 42.0 Å². The minimum absolute atomic E-state index is 0. The first-order chi connectivity index (χ1) is 8.77. The molecule has 4 nitrogen and oxygen atoms in total. The van der Waals surface area contributed by atoms with E-state index in [1.165, 1.54) is 0 Å². The van der Waals surface area contributed by atoms with Crippen molar-refractivity contribution in [3.05, 3.63) is 34.4 Å². The van der Waals surface area contributed by atoms with E-state index in [9.17, 15) is 4.79 Å². The number of carbonyl (C=O) groups excluding carboxylic acids is 1. The average molecular weight is 345 g/mol. The van der Waals surface area contributed by atoms with Crippen LogP contribution in [0.5, 0.6) is 0 Å². The van der Waals surface area contributed by atoms with Crippen LogP contribution in [0.3, 0.4) is 0 Å². The summed E-state index contributed by atoms with van der Waals surface area (Å²) in [5.41, 5.74) is 1.74. The molecule has 6 heteroatoms. The lowest BCUT2D eigenvalue weighted by molar-refractivity contribution is 0.0738. The highest BCUT2D eigenvalue weighted by molar-refractivity contribution is 9.10. The van der Waals surface area contributed by atoms with Crippen LogP contribution in [-0.2, 0) is 0 Å². The lowest BCUT2D eigenvalue weighted by atomic mass is 10.1. The Balaban J connectivity index is 0.00000133. The zero-order chi connectivity index (χ0) is 12.5. The van der Waals surface area contributed by atoms with Gasteiger partial charge in [0.15, 0.2) is 0 Å². The van der Waals surface area contributed by atoms with E-state index in [-0.39, 0.29) is 18.3 Å². The van der Waals surface area contributed by atoms with Crippen molar-refractivity contribution in [1.82, 2.24) is 15.2 Å². The third-order valence-electron chi connectivity index (χ3n) is 3.29. The van der Waals surface area contributed by atoms with Gasteiger partial charge in [0.2, 0.25) is 0 Å². The number of halogens is 2. The number of H-pyrrole nitrogens is 1. The molecule has 0 spiro atoms. The molecule has 0 aliphatic carbocycles. The van der Waals surface area contributed by atoms with Crippen molar-refractivity contribution in [2.75, 3.05) is 26.2 Å². The number of carbonyl (C=O) groups is 1. The Labute approximate surface area is 126 Å². The van der Waals surface area contributed by atoms with Gasteiger partial charge in [-0.15, -0.1) is 12.4 Å². The third-order valence-corrected chi connectivity index (χ3v) is 3.95. The molecule has 0 radical (unpaired) electrons. The van der Waals surface area contributed by atoms with E-state index in [1.807, 2.05) is 23.1 Å². The molecular weight excluding hydrogens is 330 g/mol. The summed E-state index contributed by atoms with van der Waals surface area (Å²) in [5.74, 6) is 0.106. The lowest BCUT2D eigenvalue weighted by Gasteiger charge is -2.27. The number of fused-ring (bicyclic) bond motifs is 1. The van der Waals surface area contributed by atoms with Crippen molar-refractivity contribution < 1.29 is 4.79 Å².